The predicted molar refractivity (Wildman–Crippen MR) is 116 cm³/mol. The topological polar surface area (TPSA) is 197 Å². The molecule has 4 atom stereocenters. The lowest BCUT2D eigenvalue weighted by Gasteiger charge is -2.25. The maximum absolute atomic E-state index is 12.5. The molecule has 0 aliphatic rings. The average Bonchev–Trinajstić information content (AvgIpc) is 2.71. The zero-order chi connectivity index (χ0) is 23.8. The van der Waals surface area contributed by atoms with Gasteiger partial charge >= 0.3 is 5.97 Å². The van der Waals surface area contributed by atoms with Crippen LogP contribution in [-0.4, -0.2) is 71.2 Å². The van der Waals surface area contributed by atoms with Gasteiger partial charge in [0.15, 0.2) is 0 Å². The van der Waals surface area contributed by atoms with Crippen LogP contribution in [0.15, 0.2) is 0 Å². The van der Waals surface area contributed by atoms with Crippen LogP contribution in [0.25, 0.3) is 0 Å². The summed E-state index contributed by atoms with van der Waals surface area (Å²) in [5.41, 5.74) is 10.9. The number of unbranched alkanes of at least 4 members (excludes halogenated alkanes) is 5. The predicted octanol–water partition coefficient (Wildman–Crippen LogP) is -1.04. The van der Waals surface area contributed by atoms with Crippen molar-refractivity contribution < 1.29 is 29.4 Å². The molecule has 0 heterocycles. The molecular formula is C20H39N5O6. The van der Waals surface area contributed by atoms with E-state index in [4.69, 9.17) is 16.6 Å². The molecule has 0 unspecified atom stereocenters. The van der Waals surface area contributed by atoms with E-state index in [9.17, 15) is 24.3 Å². The number of hydrogen-bond acceptors (Lipinski definition) is 7. The first kappa shape index (κ1) is 28.8. The number of aliphatic hydroxyl groups is 1. The molecule has 3 amide bonds. The Morgan fingerprint density at radius 1 is 0.871 bits per heavy atom. The summed E-state index contributed by atoms with van der Waals surface area (Å²) in [6.45, 7) is 3.23. The lowest BCUT2D eigenvalue weighted by Crippen LogP contribution is -2.60. The molecule has 0 aliphatic carbocycles. The maximum atomic E-state index is 12.5. The van der Waals surface area contributed by atoms with E-state index < -0.39 is 42.0 Å². The Morgan fingerprint density at radius 3 is 2.00 bits per heavy atom. The smallest absolute Gasteiger partial charge is 0.326 e. The van der Waals surface area contributed by atoms with Crippen LogP contribution in [0.1, 0.15) is 65.2 Å². The van der Waals surface area contributed by atoms with Gasteiger partial charge in [-0.3, -0.25) is 14.4 Å². The molecule has 0 bridgehead atoms. The molecule has 0 aromatic rings. The van der Waals surface area contributed by atoms with Crippen LogP contribution >= 0.6 is 0 Å². The quantitative estimate of drug-likeness (QED) is 0.138. The Morgan fingerprint density at radius 2 is 1.48 bits per heavy atom. The van der Waals surface area contributed by atoms with E-state index in [1.165, 1.54) is 13.3 Å². The van der Waals surface area contributed by atoms with Gasteiger partial charge in [0, 0.05) is 13.0 Å². The van der Waals surface area contributed by atoms with E-state index in [0.29, 0.717) is 6.42 Å². The number of carboxylic acids is 1. The average molecular weight is 446 g/mol. The zero-order valence-electron chi connectivity index (χ0n) is 18.6. The Bertz CT molecular complexity index is 572. The van der Waals surface area contributed by atoms with E-state index in [-0.39, 0.29) is 31.8 Å². The summed E-state index contributed by atoms with van der Waals surface area (Å²) in [5, 5.41) is 26.1. The van der Waals surface area contributed by atoms with Crippen LogP contribution in [0, 0.1) is 0 Å². The number of carbonyl (C=O) groups is 4. The van der Waals surface area contributed by atoms with E-state index >= 15 is 0 Å². The van der Waals surface area contributed by atoms with Crippen LogP contribution in [0.4, 0.5) is 0 Å². The number of carbonyl (C=O) groups excluding carboxylic acids is 3. The number of nitrogens with two attached hydrogens (primary N) is 2. The third kappa shape index (κ3) is 12.3. The molecule has 11 heteroatoms. The van der Waals surface area contributed by atoms with Gasteiger partial charge in [-0.2, -0.15) is 0 Å². The fourth-order valence-corrected chi connectivity index (χ4v) is 2.91. The summed E-state index contributed by atoms with van der Waals surface area (Å²) in [7, 11) is 0. The Balaban J connectivity index is 4.76. The summed E-state index contributed by atoms with van der Waals surface area (Å²) in [6.07, 6.45) is 5.04. The third-order valence-corrected chi connectivity index (χ3v) is 4.78. The minimum atomic E-state index is -1.42. The SMILES string of the molecule is CCCCCCCCC(=O)N[C@@H](CN)C(=O)N[C@H](C(=O)N[C@H](CCN)C(=O)O)[C@@H](C)O. The van der Waals surface area contributed by atoms with Crippen molar-refractivity contribution in [3.63, 3.8) is 0 Å². The summed E-state index contributed by atoms with van der Waals surface area (Å²) in [6, 6.07) is -3.75. The standard InChI is InChI=1S/C20H39N5O6/c1-3-4-5-6-7-8-9-16(27)23-15(12-22)18(28)25-17(13(2)26)19(29)24-14(10-11-21)20(30)31/h13-15,17,26H,3-12,21-22H2,1-2H3,(H,23,27)(H,24,29)(H,25,28)(H,30,31)/t13-,14-,15+,17+/m1/s1. The number of nitrogens with one attached hydrogen (secondary N) is 3. The van der Waals surface area contributed by atoms with Crippen LogP contribution < -0.4 is 27.4 Å². The fourth-order valence-electron chi connectivity index (χ4n) is 2.91. The van der Waals surface area contributed by atoms with Gasteiger partial charge in [0.1, 0.15) is 18.1 Å². The zero-order valence-corrected chi connectivity index (χ0v) is 18.6. The monoisotopic (exact) mass is 445 g/mol. The second-order valence-electron chi connectivity index (χ2n) is 7.58. The molecule has 0 spiro atoms. The highest BCUT2D eigenvalue weighted by Gasteiger charge is 2.31. The second kappa shape index (κ2) is 16.5. The van der Waals surface area contributed by atoms with Gasteiger partial charge in [-0.05, 0) is 26.3 Å². The number of aliphatic carboxylic acids is 1. The van der Waals surface area contributed by atoms with Crippen molar-refractivity contribution in [3.05, 3.63) is 0 Å². The molecule has 0 fully saturated rings. The number of rotatable bonds is 17. The van der Waals surface area contributed by atoms with Crippen molar-refractivity contribution in [1.82, 2.24) is 16.0 Å². The molecule has 9 N–H and O–H groups in total. The largest absolute Gasteiger partial charge is 0.480 e. The molecular weight excluding hydrogens is 406 g/mol. The molecule has 0 radical (unpaired) electrons. The Kier molecular flexibility index (Phi) is 15.3. The molecule has 0 aliphatic heterocycles. The lowest BCUT2D eigenvalue weighted by atomic mass is 10.1. The fraction of sp³-hybridized carbons (Fsp3) is 0.800. The van der Waals surface area contributed by atoms with Crippen molar-refractivity contribution in [2.24, 2.45) is 11.5 Å². The molecule has 0 saturated carbocycles. The van der Waals surface area contributed by atoms with E-state index in [1.807, 2.05) is 0 Å². The first-order valence-electron chi connectivity index (χ1n) is 10.9. The first-order valence-corrected chi connectivity index (χ1v) is 10.9. The van der Waals surface area contributed by atoms with Crippen molar-refractivity contribution in [2.75, 3.05) is 13.1 Å². The van der Waals surface area contributed by atoms with Gasteiger partial charge in [0.05, 0.1) is 6.10 Å². The van der Waals surface area contributed by atoms with Gasteiger partial charge < -0.3 is 37.6 Å². The Hall–Kier alpha value is -2.24. The second-order valence-corrected chi connectivity index (χ2v) is 7.58. The van der Waals surface area contributed by atoms with Crippen LogP contribution in [0.2, 0.25) is 0 Å². The van der Waals surface area contributed by atoms with Crippen molar-refractivity contribution in [2.45, 2.75) is 89.4 Å². The summed E-state index contributed by atoms with van der Waals surface area (Å²) in [4.78, 5) is 48.2. The van der Waals surface area contributed by atoms with E-state index in [2.05, 4.69) is 22.9 Å². The molecule has 0 aromatic carbocycles. The highest BCUT2D eigenvalue weighted by Crippen LogP contribution is 2.07. The van der Waals surface area contributed by atoms with Crippen LogP contribution in [0.3, 0.4) is 0 Å². The number of aliphatic hydroxyl groups excluding tert-OH is 1. The van der Waals surface area contributed by atoms with Gasteiger partial charge in [-0.15, -0.1) is 0 Å². The van der Waals surface area contributed by atoms with Crippen molar-refractivity contribution in [3.8, 4) is 0 Å². The third-order valence-electron chi connectivity index (χ3n) is 4.78. The number of hydrogen-bond donors (Lipinski definition) is 7. The molecule has 180 valence electrons. The minimum absolute atomic E-state index is 0.0124. The van der Waals surface area contributed by atoms with Gasteiger partial charge in [-0.25, -0.2) is 4.79 Å². The number of amides is 3. The van der Waals surface area contributed by atoms with Gasteiger partial charge in [-0.1, -0.05) is 39.0 Å². The van der Waals surface area contributed by atoms with Gasteiger partial charge in [0.25, 0.3) is 0 Å². The molecule has 11 nitrogen and oxygen atoms in total. The lowest BCUT2D eigenvalue weighted by molar-refractivity contribution is -0.143. The summed E-state index contributed by atoms with van der Waals surface area (Å²) in [5.74, 6) is -3.23. The Labute approximate surface area is 183 Å². The minimum Gasteiger partial charge on any atom is -0.480 e. The van der Waals surface area contributed by atoms with E-state index in [1.54, 1.807) is 0 Å². The maximum Gasteiger partial charge on any atom is 0.326 e. The normalized spacial score (nSPS) is 14.7. The van der Waals surface area contributed by atoms with Crippen molar-refractivity contribution >= 4 is 23.7 Å². The van der Waals surface area contributed by atoms with Crippen LogP contribution in [-0.2, 0) is 19.2 Å². The molecule has 0 aromatic heterocycles. The molecule has 31 heavy (non-hydrogen) atoms. The van der Waals surface area contributed by atoms with Gasteiger partial charge in [0.2, 0.25) is 17.7 Å². The molecule has 0 rings (SSSR count). The van der Waals surface area contributed by atoms with Crippen molar-refractivity contribution in [1.29, 1.82) is 0 Å². The first-order chi connectivity index (χ1) is 14.7. The van der Waals surface area contributed by atoms with E-state index in [0.717, 1.165) is 25.7 Å². The number of carboxylic acid groups (broad SMARTS) is 1. The summed E-state index contributed by atoms with van der Waals surface area (Å²) >= 11 is 0. The molecule has 0 saturated heterocycles. The highest BCUT2D eigenvalue weighted by atomic mass is 16.4. The highest BCUT2D eigenvalue weighted by molar-refractivity contribution is 5.93. The van der Waals surface area contributed by atoms with Crippen LogP contribution in [0.5, 0.6) is 0 Å². The summed E-state index contributed by atoms with van der Waals surface area (Å²) < 4.78 is 0.